The molecule has 1 saturated heterocycles. The van der Waals surface area contributed by atoms with E-state index in [4.69, 9.17) is 9.47 Å². The van der Waals surface area contributed by atoms with E-state index < -0.39 is 5.97 Å². The maximum absolute atomic E-state index is 12.1. The molecule has 1 aromatic rings. The Labute approximate surface area is 121 Å². The normalized spacial score (nSPS) is 22.3. The number of hydrogen-bond donors (Lipinski definition) is 1. The minimum atomic E-state index is -0.490. The van der Waals surface area contributed by atoms with Gasteiger partial charge in [-0.15, -0.1) is 11.3 Å². The van der Waals surface area contributed by atoms with E-state index in [-0.39, 0.29) is 28.8 Å². The number of esters is 1. The zero-order valence-electron chi connectivity index (χ0n) is 11.5. The predicted molar refractivity (Wildman–Crippen MR) is 74.0 cm³/mol. The van der Waals surface area contributed by atoms with Crippen molar-refractivity contribution in [2.75, 3.05) is 13.2 Å². The number of ether oxygens (including phenoxy) is 2. The molecular weight excluding hydrogens is 280 g/mol. The molecule has 6 nitrogen and oxygen atoms in total. The zero-order chi connectivity index (χ0) is 14.5. The second-order valence-electron chi connectivity index (χ2n) is 4.63. The Bertz CT molecular complexity index is 488. The number of thiazole rings is 1. The first-order valence-corrected chi connectivity index (χ1v) is 7.53. The summed E-state index contributed by atoms with van der Waals surface area (Å²) in [5, 5.41) is 4.70. The molecule has 1 amide bonds. The van der Waals surface area contributed by atoms with Gasteiger partial charge in [0.25, 0.3) is 5.91 Å². The largest absolute Gasteiger partial charge is 0.461 e. The van der Waals surface area contributed by atoms with Gasteiger partial charge in [0.15, 0.2) is 0 Å². The molecule has 1 aliphatic heterocycles. The van der Waals surface area contributed by atoms with Gasteiger partial charge in [0, 0.05) is 18.0 Å². The van der Waals surface area contributed by atoms with Crippen LogP contribution in [0.2, 0.25) is 0 Å². The number of hydrogen-bond acceptors (Lipinski definition) is 6. The van der Waals surface area contributed by atoms with Crippen molar-refractivity contribution < 1.29 is 19.1 Å². The summed E-state index contributed by atoms with van der Waals surface area (Å²) < 4.78 is 10.3. The van der Waals surface area contributed by atoms with Crippen molar-refractivity contribution >= 4 is 23.2 Å². The lowest BCUT2D eigenvalue weighted by molar-refractivity contribution is 0.0136. The Morgan fingerprint density at radius 1 is 1.60 bits per heavy atom. The van der Waals surface area contributed by atoms with Crippen molar-refractivity contribution in [1.82, 2.24) is 10.3 Å². The van der Waals surface area contributed by atoms with E-state index in [9.17, 15) is 9.59 Å². The average molecular weight is 298 g/mol. The summed E-state index contributed by atoms with van der Waals surface area (Å²) in [5.74, 6) is -0.743. The summed E-state index contributed by atoms with van der Waals surface area (Å²) >= 11 is 1.12. The monoisotopic (exact) mass is 298 g/mol. The van der Waals surface area contributed by atoms with Gasteiger partial charge < -0.3 is 14.8 Å². The van der Waals surface area contributed by atoms with Crippen molar-refractivity contribution in [2.45, 2.75) is 38.8 Å². The molecule has 0 aromatic carbocycles. The smallest absolute Gasteiger partial charge is 0.367 e. The quantitative estimate of drug-likeness (QED) is 0.855. The van der Waals surface area contributed by atoms with Gasteiger partial charge in [0.05, 0.1) is 12.7 Å². The molecule has 0 aliphatic carbocycles. The number of amides is 1. The molecule has 110 valence electrons. The number of rotatable bonds is 4. The summed E-state index contributed by atoms with van der Waals surface area (Å²) in [5.41, 5.74) is 0.261. The van der Waals surface area contributed by atoms with E-state index in [1.165, 1.54) is 0 Å². The third-order valence-electron chi connectivity index (χ3n) is 3.01. The molecule has 7 heteroatoms. The Hall–Kier alpha value is -1.47. The average Bonchev–Trinajstić information content (AvgIpc) is 2.88. The van der Waals surface area contributed by atoms with Crippen LogP contribution in [0.15, 0.2) is 5.38 Å². The topological polar surface area (TPSA) is 77.5 Å². The molecule has 0 saturated carbocycles. The summed E-state index contributed by atoms with van der Waals surface area (Å²) in [7, 11) is 0. The van der Waals surface area contributed by atoms with Gasteiger partial charge in [-0.05, 0) is 26.7 Å². The van der Waals surface area contributed by atoms with Crippen LogP contribution >= 0.6 is 11.3 Å². The highest BCUT2D eigenvalue weighted by molar-refractivity contribution is 7.11. The Morgan fingerprint density at radius 3 is 3.10 bits per heavy atom. The lowest BCUT2D eigenvalue weighted by Crippen LogP contribution is -2.41. The zero-order valence-corrected chi connectivity index (χ0v) is 12.4. The van der Waals surface area contributed by atoms with E-state index >= 15 is 0 Å². The summed E-state index contributed by atoms with van der Waals surface area (Å²) in [4.78, 5) is 27.6. The van der Waals surface area contributed by atoms with Crippen LogP contribution in [0, 0.1) is 0 Å². The van der Waals surface area contributed by atoms with Crippen LogP contribution in [0.1, 0.15) is 47.0 Å². The highest BCUT2D eigenvalue weighted by Gasteiger charge is 2.23. The molecule has 2 atom stereocenters. The van der Waals surface area contributed by atoms with Gasteiger partial charge in [-0.1, -0.05) is 0 Å². The minimum absolute atomic E-state index is 0.0963. The van der Waals surface area contributed by atoms with E-state index in [2.05, 4.69) is 10.3 Å². The van der Waals surface area contributed by atoms with Crippen LogP contribution in [0.5, 0.6) is 0 Å². The standard InChI is InChI=1S/C13H18N2O4S/c1-3-18-13(17)12-15-10(7-20-12)11(16)14-9-4-5-19-8(2)6-9/h7-9H,3-6H2,1-2H3,(H,14,16). The molecule has 1 fully saturated rings. The third-order valence-corrected chi connectivity index (χ3v) is 3.83. The van der Waals surface area contributed by atoms with Crippen LogP contribution < -0.4 is 5.32 Å². The van der Waals surface area contributed by atoms with Crippen molar-refractivity contribution in [3.8, 4) is 0 Å². The van der Waals surface area contributed by atoms with Crippen LogP contribution in [-0.2, 0) is 9.47 Å². The van der Waals surface area contributed by atoms with Gasteiger partial charge in [0.2, 0.25) is 5.01 Å². The van der Waals surface area contributed by atoms with Gasteiger partial charge in [0.1, 0.15) is 5.69 Å². The molecular formula is C13H18N2O4S. The number of nitrogens with one attached hydrogen (secondary N) is 1. The fourth-order valence-corrected chi connectivity index (χ4v) is 2.74. The molecule has 0 bridgehead atoms. The molecule has 1 N–H and O–H groups in total. The number of carbonyl (C=O) groups is 2. The molecule has 1 aromatic heterocycles. The molecule has 2 rings (SSSR count). The predicted octanol–water partition coefficient (Wildman–Crippen LogP) is 1.62. The first-order chi connectivity index (χ1) is 9.60. The number of nitrogens with zero attached hydrogens (tertiary/aromatic N) is 1. The summed E-state index contributed by atoms with van der Waals surface area (Å²) in [6.45, 7) is 4.66. The molecule has 2 heterocycles. The van der Waals surface area contributed by atoms with Crippen LogP contribution in [0.3, 0.4) is 0 Å². The minimum Gasteiger partial charge on any atom is -0.461 e. The lowest BCUT2D eigenvalue weighted by Gasteiger charge is -2.27. The fourth-order valence-electron chi connectivity index (χ4n) is 2.05. The SMILES string of the molecule is CCOC(=O)c1nc(C(=O)NC2CCOC(C)C2)cs1. The lowest BCUT2D eigenvalue weighted by atomic mass is 10.0. The van der Waals surface area contributed by atoms with Gasteiger partial charge in [-0.3, -0.25) is 4.79 Å². The molecule has 0 radical (unpaired) electrons. The van der Waals surface area contributed by atoms with E-state index in [0.717, 1.165) is 24.2 Å². The number of carbonyl (C=O) groups excluding carboxylic acids is 2. The van der Waals surface area contributed by atoms with Gasteiger partial charge in [-0.25, -0.2) is 9.78 Å². The highest BCUT2D eigenvalue weighted by atomic mass is 32.1. The van der Waals surface area contributed by atoms with Crippen molar-refractivity contribution in [3.05, 3.63) is 16.1 Å². The van der Waals surface area contributed by atoms with Crippen LogP contribution in [0.4, 0.5) is 0 Å². The van der Waals surface area contributed by atoms with E-state index in [0.29, 0.717) is 13.2 Å². The fraction of sp³-hybridized carbons (Fsp3) is 0.615. The highest BCUT2D eigenvalue weighted by Crippen LogP contribution is 2.15. The third kappa shape index (κ3) is 3.77. The van der Waals surface area contributed by atoms with Gasteiger partial charge >= 0.3 is 5.97 Å². The first-order valence-electron chi connectivity index (χ1n) is 6.65. The Kier molecular flexibility index (Phi) is 5.08. The molecule has 2 unspecified atom stereocenters. The molecule has 0 spiro atoms. The Morgan fingerprint density at radius 2 is 2.40 bits per heavy atom. The summed E-state index contributed by atoms with van der Waals surface area (Å²) in [6.07, 6.45) is 1.74. The molecule has 20 heavy (non-hydrogen) atoms. The number of aromatic nitrogens is 1. The van der Waals surface area contributed by atoms with Gasteiger partial charge in [-0.2, -0.15) is 0 Å². The maximum Gasteiger partial charge on any atom is 0.367 e. The Balaban J connectivity index is 1.94. The van der Waals surface area contributed by atoms with Crippen molar-refractivity contribution in [3.63, 3.8) is 0 Å². The summed E-state index contributed by atoms with van der Waals surface area (Å²) in [6, 6.07) is 0.0963. The first kappa shape index (κ1) is 14.9. The van der Waals surface area contributed by atoms with E-state index in [1.54, 1.807) is 12.3 Å². The second-order valence-corrected chi connectivity index (χ2v) is 5.49. The van der Waals surface area contributed by atoms with E-state index in [1.807, 2.05) is 6.92 Å². The molecule has 1 aliphatic rings. The second kappa shape index (κ2) is 6.81. The van der Waals surface area contributed by atoms with Crippen LogP contribution in [-0.4, -0.2) is 42.2 Å². The maximum atomic E-state index is 12.1. The van der Waals surface area contributed by atoms with Crippen LogP contribution in [0.25, 0.3) is 0 Å². The van der Waals surface area contributed by atoms with Crippen molar-refractivity contribution in [1.29, 1.82) is 0 Å². The van der Waals surface area contributed by atoms with Crippen molar-refractivity contribution in [2.24, 2.45) is 0 Å².